The highest BCUT2D eigenvalue weighted by molar-refractivity contribution is 5.58. The van der Waals surface area contributed by atoms with E-state index in [1.807, 2.05) is 18.3 Å². The van der Waals surface area contributed by atoms with E-state index in [4.69, 9.17) is 11.0 Å². The number of rotatable bonds is 5. The van der Waals surface area contributed by atoms with Gasteiger partial charge in [0.25, 0.3) is 0 Å². The van der Waals surface area contributed by atoms with Gasteiger partial charge in [-0.1, -0.05) is 11.6 Å². The minimum absolute atomic E-state index is 0.492. The number of nitrogens with two attached hydrogens (primary N) is 1. The first kappa shape index (κ1) is 21.8. The molecule has 0 spiro atoms. The highest BCUT2D eigenvalue weighted by atomic mass is 15.4. The van der Waals surface area contributed by atoms with E-state index >= 15 is 0 Å². The van der Waals surface area contributed by atoms with Crippen LogP contribution in [0.4, 0.5) is 5.82 Å². The van der Waals surface area contributed by atoms with E-state index in [0.29, 0.717) is 17.8 Å². The summed E-state index contributed by atoms with van der Waals surface area (Å²) in [5.74, 6) is 1.83. The van der Waals surface area contributed by atoms with Crippen molar-refractivity contribution in [3.8, 4) is 17.3 Å². The van der Waals surface area contributed by atoms with Crippen molar-refractivity contribution in [2.45, 2.75) is 45.1 Å². The van der Waals surface area contributed by atoms with Gasteiger partial charge in [0.15, 0.2) is 5.82 Å². The Morgan fingerprint density at radius 2 is 1.88 bits per heavy atom. The predicted octanol–water partition coefficient (Wildman–Crippen LogP) is 2.79. The summed E-state index contributed by atoms with van der Waals surface area (Å²) in [6.45, 7) is 3.51. The van der Waals surface area contributed by atoms with Crippen LogP contribution in [-0.2, 0) is 6.54 Å². The molecule has 1 saturated carbocycles. The zero-order valence-electron chi connectivity index (χ0n) is 18.3. The van der Waals surface area contributed by atoms with Crippen LogP contribution in [0.2, 0.25) is 0 Å². The second kappa shape index (κ2) is 10.8. The van der Waals surface area contributed by atoms with E-state index in [0.717, 1.165) is 42.6 Å². The molecule has 4 heterocycles. The molecule has 3 aromatic heterocycles. The highest BCUT2D eigenvalue weighted by Crippen LogP contribution is 2.24. The summed E-state index contributed by atoms with van der Waals surface area (Å²) in [5.41, 5.74) is 8.09. The Labute approximate surface area is 188 Å². The normalized spacial score (nSPS) is 15.9. The largest absolute Gasteiger partial charge is 0.355 e. The molecule has 1 aliphatic carbocycles. The van der Waals surface area contributed by atoms with E-state index in [9.17, 15) is 0 Å². The maximum absolute atomic E-state index is 8.98. The van der Waals surface area contributed by atoms with Crippen LogP contribution in [0, 0.1) is 17.2 Å². The van der Waals surface area contributed by atoms with Crippen LogP contribution in [0.25, 0.3) is 11.3 Å². The summed E-state index contributed by atoms with van der Waals surface area (Å²) in [6.07, 6.45) is 12.9. The summed E-state index contributed by atoms with van der Waals surface area (Å²) in [4.78, 5) is 6.33. The lowest BCUT2D eigenvalue weighted by Gasteiger charge is -2.27. The first-order valence-electron chi connectivity index (χ1n) is 11.3. The zero-order chi connectivity index (χ0) is 22.2. The molecule has 32 heavy (non-hydrogen) atoms. The Morgan fingerprint density at radius 1 is 1.03 bits per heavy atom. The van der Waals surface area contributed by atoms with Gasteiger partial charge in [-0.25, -0.2) is 4.68 Å². The number of piperidine rings is 1. The van der Waals surface area contributed by atoms with E-state index in [2.05, 4.69) is 36.5 Å². The van der Waals surface area contributed by atoms with Gasteiger partial charge >= 0.3 is 0 Å². The molecule has 2 fully saturated rings. The van der Waals surface area contributed by atoms with Gasteiger partial charge in [-0.05, 0) is 62.8 Å². The van der Waals surface area contributed by atoms with Crippen molar-refractivity contribution in [1.82, 2.24) is 30.2 Å². The van der Waals surface area contributed by atoms with Gasteiger partial charge in [0.1, 0.15) is 11.8 Å². The van der Waals surface area contributed by atoms with Crippen LogP contribution in [0.1, 0.15) is 49.8 Å². The number of nitriles is 1. The third-order valence-corrected chi connectivity index (χ3v) is 5.97. The zero-order valence-corrected chi connectivity index (χ0v) is 18.3. The molecule has 9 nitrogen and oxygen atoms in total. The number of pyridine rings is 1. The minimum atomic E-state index is 0.492. The van der Waals surface area contributed by atoms with Crippen LogP contribution in [0.3, 0.4) is 0 Å². The maximum atomic E-state index is 8.98. The first-order valence-corrected chi connectivity index (χ1v) is 11.3. The molecule has 0 atom stereocenters. The molecule has 5 rings (SSSR count). The number of hydrogen-bond donors (Lipinski definition) is 1. The van der Waals surface area contributed by atoms with Gasteiger partial charge < -0.3 is 10.6 Å². The van der Waals surface area contributed by atoms with Crippen LogP contribution in [0.5, 0.6) is 0 Å². The van der Waals surface area contributed by atoms with E-state index < -0.39 is 0 Å². The second-order valence-corrected chi connectivity index (χ2v) is 8.34. The molecule has 2 aliphatic rings. The Kier molecular flexibility index (Phi) is 7.35. The SMILES string of the molecule is N#Cc1cncc(-c2cn(Cc3ccc(N4CCCCC4)nn3)nn2)c1.NCC1CCC1. The number of hydrogen-bond acceptors (Lipinski definition) is 8. The average Bonchev–Trinajstić information content (AvgIpc) is 3.28. The Balaban J connectivity index is 0.000000354. The van der Waals surface area contributed by atoms with Crippen LogP contribution >= 0.6 is 0 Å². The number of nitrogens with zero attached hydrogens (tertiary/aromatic N) is 8. The third-order valence-electron chi connectivity index (χ3n) is 5.97. The Morgan fingerprint density at radius 3 is 2.50 bits per heavy atom. The molecular weight excluding hydrogens is 402 g/mol. The monoisotopic (exact) mass is 431 g/mol. The van der Waals surface area contributed by atoms with Crippen LogP contribution < -0.4 is 10.6 Å². The summed E-state index contributed by atoms with van der Waals surface area (Å²) in [5, 5.41) is 25.9. The quantitative estimate of drug-likeness (QED) is 0.654. The fourth-order valence-electron chi connectivity index (χ4n) is 3.77. The van der Waals surface area contributed by atoms with Crippen molar-refractivity contribution in [2.24, 2.45) is 11.7 Å². The second-order valence-electron chi connectivity index (χ2n) is 8.34. The fourth-order valence-corrected chi connectivity index (χ4v) is 3.77. The molecule has 1 saturated heterocycles. The molecule has 0 amide bonds. The van der Waals surface area contributed by atoms with Gasteiger partial charge in [-0.2, -0.15) is 10.4 Å². The van der Waals surface area contributed by atoms with Gasteiger partial charge in [0.2, 0.25) is 0 Å². The molecule has 3 aromatic rings. The van der Waals surface area contributed by atoms with Crippen molar-refractivity contribution in [1.29, 1.82) is 5.26 Å². The fraction of sp³-hybridized carbons (Fsp3) is 0.478. The van der Waals surface area contributed by atoms with E-state index in [1.54, 1.807) is 16.9 Å². The first-order chi connectivity index (χ1) is 15.7. The Bertz CT molecular complexity index is 1030. The van der Waals surface area contributed by atoms with Crippen molar-refractivity contribution < 1.29 is 0 Å². The summed E-state index contributed by atoms with van der Waals surface area (Å²) >= 11 is 0. The Hall–Kier alpha value is -3.38. The highest BCUT2D eigenvalue weighted by Gasteiger charge is 2.14. The van der Waals surface area contributed by atoms with Crippen LogP contribution in [0.15, 0.2) is 36.8 Å². The van der Waals surface area contributed by atoms with Crippen molar-refractivity contribution >= 4 is 5.82 Å². The number of aromatic nitrogens is 6. The van der Waals surface area contributed by atoms with E-state index in [-0.39, 0.29) is 0 Å². The molecule has 9 heteroatoms. The van der Waals surface area contributed by atoms with Crippen LogP contribution in [-0.4, -0.2) is 49.8 Å². The van der Waals surface area contributed by atoms with E-state index in [1.165, 1.54) is 44.7 Å². The van der Waals surface area contributed by atoms with Gasteiger partial charge in [-0.15, -0.1) is 10.2 Å². The van der Waals surface area contributed by atoms with Crippen molar-refractivity contribution in [2.75, 3.05) is 24.5 Å². The van der Waals surface area contributed by atoms with Gasteiger partial charge in [0.05, 0.1) is 24.0 Å². The molecular formula is C23H29N9. The van der Waals surface area contributed by atoms with Gasteiger partial charge in [0, 0.05) is 31.0 Å². The minimum Gasteiger partial charge on any atom is -0.355 e. The third kappa shape index (κ3) is 5.65. The lowest BCUT2D eigenvalue weighted by Crippen LogP contribution is -2.30. The summed E-state index contributed by atoms with van der Waals surface area (Å²) in [6, 6.07) is 7.82. The predicted molar refractivity (Wildman–Crippen MR) is 122 cm³/mol. The smallest absolute Gasteiger partial charge is 0.151 e. The van der Waals surface area contributed by atoms with Crippen molar-refractivity contribution in [3.05, 3.63) is 48.0 Å². The summed E-state index contributed by atoms with van der Waals surface area (Å²) < 4.78 is 1.71. The molecule has 0 radical (unpaired) electrons. The topological polar surface area (TPSA) is 122 Å². The average molecular weight is 432 g/mol. The molecule has 1 aliphatic heterocycles. The lowest BCUT2D eigenvalue weighted by molar-refractivity contribution is 0.325. The molecule has 0 aromatic carbocycles. The molecule has 0 unspecified atom stereocenters. The van der Waals surface area contributed by atoms with Crippen molar-refractivity contribution in [3.63, 3.8) is 0 Å². The number of anilines is 1. The standard InChI is InChI=1S/C18H18N8.C5H11N/c19-9-14-8-15(11-20-10-14)17-13-26(24-22-17)12-16-4-5-18(23-21-16)25-6-2-1-3-7-25;6-4-5-2-1-3-5/h4-5,8,10-11,13H,1-3,6-7,12H2;5H,1-4,6H2. The molecule has 166 valence electrons. The lowest BCUT2D eigenvalue weighted by atomic mass is 9.86. The maximum Gasteiger partial charge on any atom is 0.151 e. The summed E-state index contributed by atoms with van der Waals surface area (Å²) in [7, 11) is 0. The molecule has 0 bridgehead atoms. The van der Waals surface area contributed by atoms with Gasteiger partial charge in [-0.3, -0.25) is 4.98 Å². The molecule has 2 N–H and O–H groups in total.